The highest BCUT2D eigenvalue weighted by Gasteiger charge is 2.52. The minimum Gasteiger partial charge on any atom is -0.459 e. The zero-order chi connectivity index (χ0) is 43.2. The second kappa shape index (κ2) is 19.6. The van der Waals surface area contributed by atoms with Gasteiger partial charge in [-0.15, -0.1) is 0 Å². The number of pyridine rings is 1. The molecule has 0 aliphatic carbocycles. The number of aliphatic hydroxyl groups excluding tert-OH is 1. The van der Waals surface area contributed by atoms with Gasteiger partial charge in [0.1, 0.15) is 30.3 Å². The normalized spacial score (nSPS) is 37.9. The van der Waals surface area contributed by atoms with Gasteiger partial charge in [0.2, 0.25) is 5.91 Å². The summed E-state index contributed by atoms with van der Waals surface area (Å²) in [5.74, 6) is -4.79. The van der Waals surface area contributed by atoms with Gasteiger partial charge in [0.15, 0.2) is 17.9 Å². The summed E-state index contributed by atoms with van der Waals surface area (Å²) < 4.78 is 27.6. The van der Waals surface area contributed by atoms with Crippen molar-refractivity contribution in [1.82, 2.24) is 20.1 Å². The van der Waals surface area contributed by atoms with Gasteiger partial charge >= 0.3 is 5.97 Å². The van der Waals surface area contributed by atoms with Gasteiger partial charge < -0.3 is 39.3 Å². The lowest BCUT2D eigenvalue weighted by molar-refractivity contribution is -0.291. The average Bonchev–Trinajstić information content (AvgIpc) is 3.74. The Morgan fingerprint density at radius 3 is 2.51 bits per heavy atom. The summed E-state index contributed by atoms with van der Waals surface area (Å²) in [5.41, 5.74) is -1.18. The van der Waals surface area contributed by atoms with Crippen LogP contribution < -0.4 is 5.32 Å². The van der Waals surface area contributed by atoms with Crippen molar-refractivity contribution < 1.29 is 48.4 Å². The van der Waals surface area contributed by atoms with E-state index in [1.54, 1.807) is 44.2 Å². The summed E-state index contributed by atoms with van der Waals surface area (Å²) >= 11 is 0. The molecule has 2 aromatic rings. The first kappa shape index (κ1) is 46.1. The van der Waals surface area contributed by atoms with Gasteiger partial charge in [0, 0.05) is 54.7 Å². The van der Waals surface area contributed by atoms with Crippen molar-refractivity contribution in [2.24, 2.45) is 39.7 Å². The van der Waals surface area contributed by atoms with Crippen LogP contribution in [-0.4, -0.2) is 116 Å². The number of likely N-dealkylation sites (N-methyl/N-ethyl adjacent to an activating group) is 1. The fourth-order valence-electron chi connectivity index (χ4n) is 9.17. The molecule has 0 spiro atoms. The topological polar surface area (TPSA) is 205 Å². The molecule has 2 aromatic heterocycles. The van der Waals surface area contributed by atoms with Crippen LogP contribution in [0.25, 0.3) is 5.82 Å². The number of aromatic nitrogens is 3. The van der Waals surface area contributed by atoms with E-state index in [0.29, 0.717) is 30.1 Å². The van der Waals surface area contributed by atoms with Crippen molar-refractivity contribution in [3.8, 4) is 5.82 Å². The minimum absolute atomic E-state index is 0.0608. The first-order valence-corrected chi connectivity index (χ1v) is 20.9. The van der Waals surface area contributed by atoms with E-state index in [4.69, 9.17) is 23.8 Å². The lowest BCUT2D eigenvalue weighted by Gasteiger charge is -2.47. The second-order valence-electron chi connectivity index (χ2n) is 17.1. The first-order chi connectivity index (χ1) is 27.9. The van der Waals surface area contributed by atoms with Gasteiger partial charge in [-0.1, -0.05) is 38.9 Å². The van der Waals surface area contributed by atoms with E-state index in [2.05, 4.69) is 25.5 Å². The van der Waals surface area contributed by atoms with Crippen LogP contribution in [0.3, 0.4) is 0 Å². The highest BCUT2D eigenvalue weighted by Crippen LogP contribution is 2.42. The van der Waals surface area contributed by atoms with Crippen LogP contribution in [0.2, 0.25) is 0 Å². The standard InChI is InChI=1S/C43H64N6O10/c1-11-34-43(9,54)32-15-14-31(48-56-22-30-13-16-35(45-21-30)49-18-12-17-46-49)23-55-42(8,20-24(2)36(26(32)4)47-29(7)50)39(27(5)37(51)28(6)40(53)58-34)59-41-38(52)33(44-10)19-25(3)57-41/h12-13,16-18,21,24-28,32-34,38-39,41,44,52,54H,11,14-15,19-20,22-23H2,1-10H3/b47-36+,48-31+/t24-,25-,26-,27+,28-,32-,33+,34-,38-,39-,41+,42-,43+/m1/s1. The average molecular weight is 825 g/mol. The summed E-state index contributed by atoms with van der Waals surface area (Å²) in [6.07, 6.45) is 2.06. The van der Waals surface area contributed by atoms with Gasteiger partial charge in [0.25, 0.3) is 0 Å². The number of aliphatic hydroxyl groups is 2. The van der Waals surface area contributed by atoms with Crippen molar-refractivity contribution in [3.63, 3.8) is 0 Å². The number of ether oxygens (including phenoxy) is 4. The molecule has 5 rings (SSSR count). The van der Waals surface area contributed by atoms with Crippen LogP contribution >= 0.6 is 0 Å². The number of nitrogens with zero attached hydrogens (tertiary/aromatic N) is 5. The molecule has 0 radical (unpaired) electrons. The number of hydrogen-bond donors (Lipinski definition) is 3. The molecule has 0 saturated carbocycles. The van der Waals surface area contributed by atoms with Gasteiger partial charge in [-0.2, -0.15) is 5.10 Å². The number of cyclic esters (lactones) is 1. The number of carbonyl (C=O) groups is 3. The molecule has 5 heterocycles. The largest absolute Gasteiger partial charge is 0.459 e. The Kier molecular flexibility index (Phi) is 15.4. The molecule has 13 atom stereocenters. The molecule has 0 unspecified atom stereocenters. The summed E-state index contributed by atoms with van der Waals surface area (Å²) in [4.78, 5) is 56.2. The van der Waals surface area contributed by atoms with Crippen molar-refractivity contribution in [2.75, 3.05) is 13.7 Å². The summed E-state index contributed by atoms with van der Waals surface area (Å²) in [6.45, 7) is 15.6. The van der Waals surface area contributed by atoms with E-state index >= 15 is 0 Å². The van der Waals surface area contributed by atoms with E-state index in [0.717, 1.165) is 5.56 Å². The molecule has 1 amide bonds. The number of fused-ring (bicyclic) bond motifs is 5. The van der Waals surface area contributed by atoms with Gasteiger partial charge in [-0.05, 0) is 90.8 Å². The smallest absolute Gasteiger partial charge is 0.316 e. The van der Waals surface area contributed by atoms with Gasteiger partial charge in [-0.25, -0.2) is 14.7 Å². The molecule has 16 heteroatoms. The Bertz CT molecular complexity index is 1800. The van der Waals surface area contributed by atoms with E-state index in [9.17, 15) is 24.6 Å². The van der Waals surface area contributed by atoms with E-state index < -0.39 is 83.1 Å². The first-order valence-electron chi connectivity index (χ1n) is 20.9. The third kappa shape index (κ3) is 10.7. The predicted molar refractivity (Wildman–Crippen MR) is 219 cm³/mol. The number of hydrogen-bond acceptors (Lipinski definition) is 14. The van der Waals surface area contributed by atoms with Gasteiger partial charge in [0.05, 0.1) is 30.1 Å². The molecule has 0 aromatic carbocycles. The molecule has 3 N–H and O–H groups in total. The Morgan fingerprint density at radius 1 is 1.14 bits per heavy atom. The summed E-state index contributed by atoms with van der Waals surface area (Å²) in [5, 5.41) is 36.0. The minimum atomic E-state index is -1.63. The number of amides is 1. The highest BCUT2D eigenvalue weighted by molar-refractivity contribution is 6.00. The van der Waals surface area contributed by atoms with Crippen molar-refractivity contribution >= 4 is 29.1 Å². The van der Waals surface area contributed by atoms with Crippen LogP contribution in [0.1, 0.15) is 100.0 Å². The van der Waals surface area contributed by atoms with Crippen LogP contribution in [0.5, 0.6) is 0 Å². The van der Waals surface area contributed by atoms with E-state index in [1.807, 2.05) is 52.8 Å². The Balaban J connectivity index is 1.63. The molecule has 3 aliphatic heterocycles. The third-order valence-corrected chi connectivity index (χ3v) is 12.5. The highest BCUT2D eigenvalue weighted by atomic mass is 16.7. The fourth-order valence-corrected chi connectivity index (χ4v) is 9.17. The monoisotopic (exact) mass is 824 g/mol. The number of aliphatic imine (C=N–C) groups is 1. The van der Waals surface area contributed by atoms with E-state index in [-0.39, 0.29) is 44.6 Å². The van der Waals surface area contributed by atoms with E-state index in [1.165, 1.54) is 13.8 Å². The van der Waals surface area contributed by atoms with Crippen molar-refractivity contribution in [1.29, 1.82) is 0 Å². The Morgan fingerprint density at radius 2 is 1.88 bits per heavy atom. The SMILES string of the molecule is CC[C@H]1OC(=O)[C@H](C)C(=O)[C@H](C)[C@@H](O[C@@H]2O[C@H](C)C[C@H](NC)[C@H]2O)[C@@]2(C)C[C@@H](C)/C(=N\C(C)=O)[C@H](C)[C@@H](CC/C(=N\OCc3ccc(-n4cccn4)nc3)CO2)[C@]1(C)O. The molecular formula is C43H64N6O10. The van der Waals surface area contributed by atoms with Crippen LogP contribution in [-0.2, 0) is 44.8 Å². The van der Waals surface area contributed by atoms with Crippen molar-refractivity contribution in [2.45, 2.75) is 149 Å². The molecule has 16 nitrogen and oxygen atoms in total. The number of oxime groups is 1. The number of esters is 1. The molecule has 3 fully saturated rings. The van der Waals surface area contributed by atoms with Crippen LogP contribution in [0.15, 0.2) is 46.9 Å². The quantitative estimate of drug-likeness (QED) is 0.192. The van der Waals surface area contributed by atoms with Crippen LogP contribution in [0, 0.1) is 29.6 Å². The predicted octanol–water partition coefficient (Wildman–Crippen LogP) is 4.37. The number of Topliss-reactive ketones (excluding diaryl/α,β-unsaturated/α-hetero) is 1. The molecule has 326 valence electrons. The van der Waals surface area contributed by atoms with Crippen LogP contribution in [0.4, 0.5) is 0 Å². The zero-order valence-electron chi connectivity index (χ0n) is 36.2. The molecule has 59 heavy (non-hydrogen) atoms. The second-order valence-corrected chi connectivity index (χ2v) is 17.1. The lowest BCUT2D eigenvalue weighted by Crippen LogP contribution is -2.59. The Labute approximate surface area is 347 Å². The maximum absolute atomic E-state index is 14.5. The molecule has 2 bridgehead atoms. The maximum Gasteiger partial charge on any atom is 0.316 e. The lowest BCUT2D eigenvalue weighted by atomic mass is 9.68. The van der Waals surface area contributed by atoms with Gasteiger partial charge in [-0.3, -0.25) is 14.4 Å². The molecular weight excluding hydrogens is 761 g/mol. The summed E-state index contributed by atoms with van der Waals surface area (Å²) in [6, 6.07) is 5.15. The number of nitrogens with one attached hydrogen (secondary N) is 1. The third-order valence-electron chi connectivity index (χ3n) is 12.5. The zero-order valence-corrected chi connectivity index (χ0v) is 36.2. The fraction of sp³-hybridized carbons (Fsp3) is 0.698. The Hall–Kier alpha value is -3.93. The molecule has 3 aliphatic rings. The number of carbonyl (C=O) groups excluding carboxylic acids is 3. The number of rotatable bonds is 8. The number of ketones is 1. The summed E-state index contributed by atoms with van der Waals surface area (Å²) in [7, 11) is 1.75. The maximum atomic E-state index is 14.5. The van der Waals surface area contributed by atoms with Crippen molar-refractivity contribution in [3.05, 3.63) is 42.4 Å². The molecule has 3 saturated heterocycles.